The maximum atomic E-state index is 8.82. The number of hydrogen-bond acceptors (Lipinski definition) is 3. The molecule has 0 fully saturated rings. The van der Waals surface area contributed by atoms with Crippen molar-refractivity contribution in [2.45, 2.75) is 33.6 Å². The maximum Gasteiger partial charge on any atom is 0.0683 e. The van der Waals surface area contributed by atoms with Crippen molar-refractivity contribution in [3.05, 3.63) is 0 Å². The van der Waals surface area contributed by atoms with Crippen LogP contribution in [0.25, 0.3) is 0 Å². The molecule has 0 heterocycles. The first-order valence-corrected chi connectivity index (χ1v) is 5.30. The fourth-order valence-corrected chi connectivity index (χ4v) is 1.37. The molecule has 0 rings (SSSR count). The molecule has 0 saturated heterocycles. The van der Waals surface area contributed by atoms with E-state index in [-0.39, 0.29) is 12.0 Å². The van der Waals surface area contributed by atoms with E-state index in [9.17, 15) is 0 Å². The molecule has 0 spiro atoms. The van der Waals surface area contributed by atoms with E-state index in [1.54, 1.807) is 0 Å². The molecular weight excluding hydrogens is 176 g/mol. The Balaban J connectivity index is 3.67. The van der Waals surface area contributed by atoms with E-state index < -0.39 is 0 Å². The third kappa shape index (κ3) is 5.95. The van der Waals surface area contributed by atoms with Crippen LogP contribution in [0.1, 0.15) is 33.6 Å². The Morgan fingerprint density at radius 2 is 2.00 bits per heavy atom. The minimum Gasteiger partial charge on any atom is -0.395 e. The Labute approximate surface area is 87.3 Å². The molecule has 0 atom stereocenters. The molecule has 3 nitrogen and oxygen atoms in total. The van der Waals surface area contributed by atoms with Gasteiger partial charge < -0.3 is 10.0 Å². The lowest BCUT2D eigenvalue weighted by molar-refractivity contribution is 0.196. The molecule has 0 unspecified atom stereocenters. The Bertz CT molecular complexity index is 184. The van der Waals surface area contributed by atoms with E-state index in [2.05, 4.69) is 17.9 Å². The summed E-state index contributed by atoms with van der Waals surface area (Å²) in [4.78, 5) is 2.20. The van der Waals surface area contributed by atoms with Crippen LogP contribution in [0, 0.1) is 16.7 Å². The van der Waals surface area contributed by atoms with Crippen molar-refractivity contribution in [2.24, 2.45) is 5.41 Å². The molecule has 0 aliphatic rings. The Morgan fingerprint density at radius 3 is 2.43 bits per heavy atom. The molecular formula is C11H22N2O. The lowest BCUT2D eigenvalue weighted by Crippen LogP contribution is -2.28. The molecule has 1 N–H and O–H groups in total. The van der Waals surface area contributed by atoms with Gasteiger partial charge in [-0.15, -0.1) is 0 Å². The summed E-state index contributed by atoms with van der Waals surface area (Å²) in [6, 6.07) is 2.30. The normalized spacial score (nSPS) is 11.7. The van der Waals surface area contributed by atoms with Crippen LogP contribution in [-0.2, 0) is 0 Å². The fourth-order valence-electron chi connectivity index (χ4n) is 1.37. The van der Waals surface area contributed by atoms with E-state index in [1.807, 2.05) is 13.8 Å². The monoisotopic (exact) mass is 198 g/mol. The zero-order valence-corrected chi connectivity index (χ0v) is 9.58. The lowest BCUT2D eigenvalue weighted by Gasteiger charge is -2.21. The van der Waals surface area contributed by atoms with Gasteiger partial charge in [0.1, 0.15) is 0 Å². The Kier molecular flexibility index (Phi) is 6.52. The molecule has 0 aliphatic carbocycles. The summed E-state index contributed by atoms with van der Waals surface area (Å²) >= 11 is 0. The molecule has 0 aromatic rings. The summed E-state index contributed by atoms with van der Waals surface area (Å²) in [5.41, 5.74) is -0.210. The van der Waals surface area contributed by atoms with Crippen LogP contribution in [0.4, 0.5) is 0 Å². The number of rotatable bonds is 7. The van der Waals surface area contributed by atoms with Crippen LogP contribution >= 0.6 is 0 Å². The first-order chi connectivity index (χ1) is 6.55. The molecule has 0 amide bonds. The Hall–Kier alpha value is -0.590. The topological polar surface area (TPSA) is 47.3 Å². The average molecular weight is 198 g/mol. The number of nitrogens with zero attached hydrogens (tertiary/aromatic N) is 2. The molecule has 0 saturated carbocycles. The van der Waals surface area contributed by atoms with Gasteiger partial charge in [-0.2, -0.15) is 5.26 Å². The smallest absolute Gasteiger partial charge is 0.0683 e. The van der Waals surface area contributed by atoms with Gasteiger partial charge >= 0.3 is 0 Å². The standard InChI is InChI=1S/C11H22N2O/c1-4-13(8-9-14)7-5-6-11(2,3)10-12/h14H,4-9H2,1-3H3. The van der Waals surface area contributed by atoms with Crippen LogP contribution in [0.2, 0.25) is 0 Å². The lowest BCUT2D eigenvalue weighted by atomic mass is 9.90. The molecule has 0 aromatic carbocycles. The summed E-state index contributed by atoms with van der Waals surface area (Å²) in [6.45, 7) is 8.92. The van der Waals surface area contributed by atoms with Gasteiger partial charge in [-0.1, -0.05) is 6.92 Å². The van der Waals surface area contributed by atoms with Gasteiger partial charge in [0.15, 0.2) is 0 Å². The van der Waals surface area contributed by atoms with Gasteiger partial charge in [-0.3, -0.25) is 0 Å². The molecule has 0 aliphatic heterocycles. The van der Waals surface area contributed by atoms with Gasteiger partial charge in [0, 0.05) is 6.54 Å². The van der Waals surface area contributed by atoms with Crippen LogP contribution < -0.4 is 0 Å². The first kappa shape index (κ1) is 13.4. The van der Waals surface area contributed by atoms with Crippen LogP contribution in [0.3, 0.4) is 0 Å². The third-order valence-electron chi connectivity index (χ3n) is 2.44. The van der Waals surface area contributed by atoms with E-state index >= 15 is 0 Å². The molecule has 0 bridgehead atoms. The number of aliphatic hydroxyl groups excluding tert-OH is 1. The van der Waals surface area contributed by atoms with E-state index in [0.717, 1.165) is 32.5 Å². The quantitative estimate of drug-likeness (QED) is 0.676. The van der Waals surface area contributed by atoms with E-state index in [0.29, 0.717) is 0 Å². The maximum absolute atomic E-state index is 8.82. The summed E-state index contributed by atoms with van der Waals surface area (Å²) in [5.74, 6) is 0. The highest BCUT2D eigenvalue weighted by molar-refractivity contribution is 4.91. The zero-order valence-electron chi connectivity index (χ0n) is 9.58. The third-order valence-corrected chi connectivity index (χ3v) is 2.44. The predicted molar refractivity (Wildman–Crippen MR) is 57.8 cm³/mol. The van der Waals surface area contributed by atoms with E-state index in [4.69, 9.17) is 10.4 Å². The second-order valence-corrected chi connectivity index (χ2v) is 4.26. The van der Waals surface area contributed by atoms with Crippen LogP contribution in [-0.4, -0.2) is 36.2 Å². The highest BCUT2D eigenvalue weighted by Gasteiger charge is 2.16. The summed E-state index contributed by atoms with van der Waals surface area (Å²) in [6.07, 6.45) is 1.94. The SMILES string of the molecule is CCN(CCO)CCCC(C)(C)C#N. The molecule has 3 heteroatoms. The number of aliphatic hydroxyl groups is 1. The van der Waals surface area contributed by atoms with Gasteiger partial charge in [-0.25, -0.2) is 0 Å². The summed E-state index contributed by atoms with van der Waals surface area (Å²) in [5, 5.41) is 17.6. The number of nitriles is 1. The summed E-state index contributed by atoms with van der Waals surface area (Å²) < 4.78 is 0. The van der Waals surface area contributed by atoms with Crippen molar-refractivity contribution in [2.75, 3.05) is 26.2 Å². The highest BCUT2D eigenvalue weighted by Crippen LogP contribution is 2.20. The van der Waals surface area contributed by atoms with Crippen molar-refractivity contribution in [3.63, 3.8) is 0 Å². The number of likely N-dealkylation sites (N-methyl/N-ethyl adjacent to an activating group) is 1. The Morgan fingerprint density at radius 1 is 1.36 bits per heavy atom. The zero-order chi connectivity index (χ0) is 11.0. The van der Waals surface area contributed by atoms with Crippen molar-refractivity contribution in [1.82, 2.24) is 4.90 Å². The molecule has 82 valence electrons. The molecule has 0 aromatic heterocycles. The van der Waals surface area contributed by atoms with Gasteiger partial charge in [0.05, 0.1) is 18.1 Å². The summed E-state index contributed by atoms with van der Waals surface area (Å²) in [7, 11) is 0. The predicted octanol–water partition coefficient (Wildman–Crippen LogP) is 1.63. The highest BCUT2D eigenvalue weighted by atomic mass is 16.3. The van der Waals surface area contributed by atoms with Crippen molar-refractivity contribution < 1.29 is 5.11 Å². The van der Waals surface area contributed by atoms with Crippen molar-refractivity contribution >= 4 is 0 Å². The number of hydrogen-bond donors (Lipinski definition) is 1. The fraction of sp³-hybridized carbons (Fsp3) is 0.909. The van der Waals surface area contributed by atoms with E-state index in [1.165, 1.54) is 0 Å². The van der Waals surface area contributed by atoms with Gasteiger partial charge in [0.2, 0.25) is 0 Å². The largest absolute Gasteiger partial charge is 0.395 e. The minimum atomic E-state index is -0.210. The second-order valence-electron chi connectivity index (χ2n) is 4.26. The van der Waals surface area contributed by atoms with Crippen molar-refractivity contribution in [1.29, 1.82) is 5.26 Å². The first-order valence-electron chi connectivity index (χ1n) is 5.30. The molecule has 0 radical (unpaired) electrons. The van der Waals surface area contributed by atoms with Crippen LogP contribution in [0.5, 0.6) is 0 Å². The van der Waals surface area contributed by atoms with Gasteiger partial charge in [-0.05, 0) is 39.8 Å². The minimum absolute atomic E-state index is 0.210. The molecule has 14 heavy (non-hydrogen) atoms. The second kappa shape index (κ2) is 6.80. The van der Waals surface area contributed by atoms with Crippen molar-refractivity contribution in [3.8, 4) is 6.07 Å². The van der Waals surface area contributed by atoms with Gasteiger partial charge in [0.25, 0.3) is 0 Å². The average Bonchev–Trinajstić information content (AvgIpc) is 2.16. The van der Waals surface area contributed by atoms with Crippen LogP contribution in [0.15, 0.2) is 0 Å².